The van der Waals surface area contributed by atoms with Gasteiger partial charge >= 0.3 is 0 Å². The van der Waals surface area contributed by atoms with Crippen molar-refractivity contribution in [1.82, 2.24) is 35.2 Å². The minimum atomic E-state index is -0.405. The molecule has 1 N–H and O–H groups in total. The first-order valence-electron chi connectivity index (χ1n) is 18.5. The van der Waals surface area contributed by atoms with Crippen LogP contribution in [0.2, 0.25) is 0 Å². The van der Waals surface area contributed by atoms with Crippen LogP contribution < -0.4 is 15.2 Å². The maximum absolute atomic E-state index is 14.6. The number of likely N-dealkylation sites (tertiary alicyclic amines) is 2. The van der Waals surface area contributed by atoms with Crippen LogP contribution in [0.3, 0.4) is 0 Å². The lowest BCUT2D eigenvalue weighted by atomic mass is 9.39. The number of aromatic nitrogens is 5. The molecule has 4 aliphatic carbocycles. The lowest BCUT2D eigenvalue weighted by Crippen LogP contribution is -2.72. The number of anilines is 1. The van der Waals surface area contributed by atoms with Gasteiger partial charge in [-0.1, -0.05) is 0 Å². The number of aromatic amines is 1. The standard InChI is InChI=1S/C37H45FN8O3/c38-27-3-4-30(29(11-27)32-28(25-1-2-25)12-31(47)41-42-32)49-35-34(39-22-40-43-35)45-10-7-36(19-45)20-46(21-36)33(37-13-23(14-37)15-37)26-5-8-44(9-6-26)16-24-17-48-18-24/h3-4,11-12,22-26,33H,1-2,5-10,13-21H2,(H,41,47)/t23?,33-,37?/m0/s1. The summed E-state index contributed by atoms with van der Waals surface area (Å²) in [5.74, 6) is 3.74. The first kappa shape index (κ1) is 30.4. The third-order valence-electron chi connectivity index (χ3n) is 13.1. The van der Waals surface area contributed by atoms with E-state index in [1.165, 1.54) is 70.2 Å². The summed E-state index contributed by atoms with van der Waals surface area (Å²) < 4.78 is 26.5. The SMILES string of the molecule is O=c1cc(C2CC2)c(-c2cc(F)ccc2Oc2nncnc2N2CCC3(C2)CN([C@@H](C2CCN(CC4COC4)CC2)C24CC(C2)C4)C3)n[nH]1. The van der Waals surface area contributed by atoms with Crippen molar-refractivity contribution in [3.8, 4) is 22.9 Å². The maximum atomic E-state index is 14.6. The molecule has 4 saturated carbocycles. The Hall–Kier alpha value is -3.48. The van der Waals surface area contributed by atoms with E-state index in [0.717, 1.165) is 88.0 Å². The highest BCUT2D eigenvalue weighted by Gasteiger charge is 2.65. The van der Waals surface area contributed by atoms with Gasteiger partial charge in [0, 0.05) is 61.7 Å². The molecule has 4 saturated heterocycles. The second-order valence-electron chi connectivity index (χ2n) is 16.5. The minimum Gasteiger partial charge on any atom is -0.434 e. The smallest absolute Gasteiger partial charge is 0.282 e. The highest BCUT2D eigenvalue weighted by atomic mass is 19.1. The molecular weight excluding hydrogens is 623 g/mol. The van der Waals surface area contributed by atoms with Crippen molar-refractivity contribution in [2.45, 2.75) is 63.3 Å². The number of rotatable bonds is 10. The molecule has 0 amide bonds. The van der Waals surface area contributed by atoms with Crippen LogP contribution >= 0.6 is 0 Å². The molecule has 2 aromatic heterocycles. The predicted octanol–water partition coefficient (Wildman–Crippen LogP) is 4.47. The van der Waals surface area contributed by atoms with Gasteiger partial charge in [0.1, 0.15) is 17.9 Å². The molecule has 0 unspecified atom stereocenters. The van der Waals surface area contributed by atoms with Crippen molar-refractivity contribution in [2.24, 2.45) is 28.6 Å². The number of hydrogen-bond donors (Lipinski definition) is 1. The van der Waals surface area contributed by atoms with Crippen molar-refractivity contribution < 1.29 is 13.9 Å². The average molecular weight is 669 g/mol. The summed E-state index contributed by atoms with van der Waals surface area (Å²) in [5.41, 5.74) is 2.38. The molecule has 4 aliphatic heterocycles. The van der Waals surface area contributed by atoms with E-state index in [0.29, 0.717) is 34.1 Å². The molecular formula is C37H45FN8O3. The Morgan fingerprint density at radius 3 is 2.57 bits per heavy atom. The topological polar surface area (TPSA) is 113 Å². The number of benzene rings is 1. The Kier molecular flexibility index (Phi) is 7.14. The Labute approximate surface area is 285 Å². The van der Waals surface area contributed by atoms with Gasteiger partial charge in [-0.25, -0.2) is 14.5 Å². The van der Waals surface area contributed by atoms with Crippen LogP contribution in [-0.2, 0) is 4.74 Å². The number of hydrogen-bond acceptors (Lipinski definition) is 10. The van der Waals surface area contributed by atoms with Gasteiger partial charge < -0.3 is 19.3 Å². The number of nitrogens with one attached hydrogen (secondary N) is 1. The number of piperidine rings is 1. The van der Waals surface area contributed by atoms with Crippen LogP contribution in [0.1, 0.15) is 62.8 Å². The van der Waals surface area contributed by atoms with Crippen molar-refractivity contribution in [3.63, 3.8) is 0 Å². The van der Waals surface area contributed by atoms with Gasteiger partial charge in [-0.3, -0.25) is 9.69 Å². The molecule has 49 heavy (non-hydrogen) atoms. The lowest BCUT2D eigenvalue weighted by molar-refractivity contribution is -0.209. The van der Waals surface area contributed by atoms with E-state index >= 15 is 0 Å². The third kappa shape index (κ3) is 5.36. The van der Waals surface area contributed by atoms with Crippen LogP contribution in [0.15, 0.2) is 35.4 Å². The summed E-state index contributed by atoms with van der Waals surface area (Å²) in [4.78, 5) is 24.7. The molecule has 3 aromatic rings. The van der Waals surface area contributed by atoms with E-state index < -0.39 is 5.82 Å². The van der Waals surface area contributed by atoms with Gasteiger partial charge in [-0.2, -0.15) is 5.10 Å². The number of H-pyrrole nitrogens is 1. The zero-order chi connectivity index (χ0) is 32.7. The van der Waals surface area contributed by atoms with Crippen LogP contribution in [0.5, 0.6) is 11.6 Å². The summed E-state index contributed by atoms with van der Waals surface area (Å²) in [6, 6.07) is 6.68. The molecule has 8 fully saturated rings. The number of nitrogens with zero attached hydrogens (tertiary/aromatic N) is 7. The quantitative estimate of drug-likeness (QED) is 0.332. The monoisotopic (exact) mass is 668 g/mol. The predicted molar refractivity (Wildman–Crippen MR) is 180 cm³/mol. The molecule has 258 valence electrons. The van der Waals surface area contributed by atoms with Crippen LogP contribution in [-0.4, -0.2) is 100 Å². The molecule has 8 aliphatic rings. The summed E-state index contributed by atoms with van der Waals surface area (Å²) in [6.45, 7) is 9.68. The molecule has 0 radical (unpaired) electrons. The van der Waals surface area contributed by atoms with E-state index in [4.69, 9.17) is 9.47 Å². The Bertz CT molecular complexity index is 1780. The number of ether oxygens (including phenoxy) is 2. The zero-order valence-corrected chi connectivity index (χ0v) is 28.0. The van der Waals surface area contributed by atoms with Gasteiger partial charge in [0.2, 0.25) is 0 Å². The number of halogens is 1. The molecule has 6 heterocycles. The normalized spacial score (nSPS) is 28.8. The van der Waals surface area contributed by atoms with E-state index in [9.17, 15) is 9.18 Å². The van der Waals surface area contributed by atoms with Crippen LogP contribution in [0, 0.1) is 34.4 Å². The first-order valence-corrected chi connectivity index (χ1v) is 18.5. The molecule has 1 spiro atoms. The van der Waals surface area contributed by atoms with E-state index in [1.807, 2.05) is 0 Å². The van der Waals surface area contributed by atoms with Gasteiger partial charge in [-0.15, -0.1) is 10.2 Å². The van der Waals surface area contributed by atoms with E-state index in [2.05, 4.69) is 40.1 Å². The van der Waals surface area contributed by atoms with Crippen molar-refractivity contribution in [1.29, 1.82) is 0 Å². The molecule has 2 bridgehead atoms. The van der Waals surface area contributed by atoms with Crippen molar-refractivity contribution in [3.05, 3.63) is 52.3 Å². The molecule has 11 rings (SSSR count). The second-order valence-corrected chi connectivity index (χ2v) is 16.5. The Morgan fingerprint density at radius 1 is 1.04 bits per heavy atom. The fraction of sp³-hybridized carbons (Fsp3) is 0.649. The molecule has 1 aromatic carbocycles. The Morgan fingerprint density at radius 2 is 1.86 bits per heavy atom. The largest absolute Gasteiger partial charge is 0.434 e. The zero-order valence-electron chi connectivity index (χ0n) is 28.0. The minimum absolute atomic E-state index is 0.243. The summed E-state index contributed by atoms with van der Waals surface area (Å²) in [7, 11) is 0. The van der Waals surface area contributed by atoms with Crippen molar-refractivity contribution >= 4 is 5.82 Å². The van der Waals surface area contributed by atoms with Gasteiger partial charge in [0.25, 0.3) is 11.4 Å². The van der Waals surface area contributed by atoms with Gasteiger partial charge in [-0.05, 0) is 111 Å². The molecule has 12 heteroatoms. The van der Waals surface area contributed by atoms with E-state index in [1.54, 1.807) is 12.1 Å². The van der Waals surface area contributed by atoms with Crippen LogP contribution in [0.25, 0.3) is 11.3 Å². The lowest BCUT2D eigenvalue weighted by Gasteiger charge is -2.71. The highest BCUT2D eigenvalue weighted by Crippen LogP contribution is 2.69. The fourth-order valence-corrected chi connectivity index (χ4v) is 10.4. The maximum Gasteiger partial charge on any atom is 0.282 e. The van der Waals surface area contributed by atoms with Gasteiger partial charge in [0.15, 0.2) is 5.82 Å². The molecule has 1 atom stereocenters. The molecule has 11 nitrogen and oxygen atoms in total. The summed E-state index contributed by atoms with van der Waals surface area (Å²) in [5, 5.41) is 15.3. The average Bonchev–Trinajstić information content (AvgIpc) is 3.79. The summed E-state index contributed by atoms with van der Waals surface area (Å²) in [6.07, 6.45) is 11.6. The Balaban J connectivity index is 0.846. The van der Waals surface area contributed by atoms with E-state index in [-0.39, 0.29) is 16.9 Å². The van der Waals surface area contributed by atoms with Gasteiger partial charge in [0.05, 0.1) is 18.9 Å². The third-order valence-corrected chi connectivity index (χ3v) is 13.1. The first-order chi connectivity index (χ1) is 23.9. The summed E-state index contributed by atoms with van der Waals surface area (Å²) >= 11 is 0. The van der Waals surface area contributed by atoms with Crippen molar-refractivity contribution in [2.75, 3.05) is 63.9 Å². The fourth-order valence-electron chi connectivity index (χ4n) is 10.4. The highest BCUT2D eigenvalue weighted by molar-refractivity contribution is 5.71. The second kappa shape index (κ2) is 11.5. The van der Waals surface area contributed by atoms with Crippen LogP contribution in [0.4, 0.5) is 10.2 Å².